The fraction of sp³-hybridized carbons (Fsp3) is 0.214. The minimum Gasteiger partial charge on any atom is -0.313 e. The molecule has 17 heavy (non-hydrogen) atoms. The summed E-state index contributed by atoms with van der Waals surface area (Å²) < 4.78 is 0. The van der Waals surface area contributed by atoms with E-state index < -0.39 is 0 Å². The van der Waals surface area contributed by atoms with Gasteiger partial charge in [0.2, 0.25) is 0 Å². The van der Waals surface area contributed by atoms with Crippen LogP contribution in [0.15, 0.2) is 48.7 Å². The second-order valence-electron chi connectivity index (χ2n) is 3.92. The average molecular weight is 247 g/mol. The number of hydrogen-bond donors (Lipinski definition) is 1. The summed E-state index contributed by atoms with van der Waals surface area (Å²) in [5.74, 6) is 0. The third kappa shape index (κ3) is 3.29. The van der Waals surface area contributed by atoms with Gasteiger partial charge < -0.3 is 5.32 Å². The van der Waals surface area contributed by atoms with Crippen molar-refractivity contribution < 1.29 is 0 Å². The lowest BCUT2D eigenvalue weighted by molar-refractivity contribution is 0.584. The van der Waals surface area contributed by atoms with Crippen LogP contribution in [0.4, 0.5) is 0 Å². The highest BCUT2D eigenvalue weighted by Gasteiger charge is 2.10. The van der Waals surface area contributed by atoms with E-state index in [1.165, 1.54) is 5.56 Å². The van der Waals surface area contributed by atoms with Crippen molar-refractivity contribution in [1.29, 1.82) is 0 Å². The molecule has 0 aliphatic rings. The van der Waals surface area contributed by atoms with Gasteiger partial charge >= 0.3 is 0 Å². The van der Waals surface area contributed by atoms with Gasteiger partial charge in [-0.2, -0.15) is 0 Å². The standard InChI is InChI=1S/C14H15ClN2/c1-16-14(10-13-7-2-3-8-17-13)11-5-4-6-12(15)9-11/h2-9,14,16H,10H2,1H3. The molecule has 1 N–H and O–H groups in total. The van der Waals surface area contributed by atoms with E-state index in [2.05, 4.69) is 16.4 Å². The Morgan fingerprint density at radius 3 is 2.76 bits per heavy atom. The zero-order valence-electron chi connectivity index (χ0n) is 9.73. The predicted molar refractivity (Wildman–Crippen MR) is 71.2 cm³/mol. The van der Waals surface area contributed by atoms with Crippen LogP contribution in [0.3, 0.4) is 0 Å². The van der Waals surface area contributed by atoms with E-state index in [1.54, 1.807) is 0 Å². The van der Waals surface area contributed by atoms with Crippen molar-refractivity contribution >= 4 is 11.6 Å². The Kier molecular flexibility index (Phi) is 4.13. The Labute approximate surface area is 107 Å². The van der Waals surface area contributed by atoms with Crippen LogP contribution in [-0.4, -0.2) is 12.0 Å². The van der Waals surface area contributed by atoms with Crippen LogP contribution >= 0.6 is 11.6 Å². The number of benzene rings is 1. The molecule has 1 unspecified atom stereocenters. The van der Waals surface area contributed by atoms with Gasteiger partial charge in [0.15, 0.2) is 0 Å². The lowest BCUT2D eigenvalue weighted by Gasteiger charge is -2.16. The van der Waals surface area contributed by atoms with Gasteiger partial charge in [-0.1, -0.05) is 29.8 Å². The maximum atomic E-state index is 6.01. The first-order valence-electron chi connectivity index (χ1n) is 5.62. The van der Waals surface area contributed by atoms with Crippen molar-refractivity contribution in [3.05, 3.63) is 64.9 Å². The van der Waals surface area contributed by atoms with Crippen molar-refractivity contribution in [3.63, 3.8) is 0 Å². The molecule has 2 nitrogen and oxygen atoms in total. The topological polar surface area (TPSA) is 24.9 Å². The van der Waals surface area contributed by atoms with Gasteiger partial charge in [-0.25, -0.2) is 0 Å². The normalized spacial score (nSPS) is 12.4. The minimum absolute atomic E-state index is 0.239. The first-order valence-corrected chi connectivity index (χ1v) is 6.00. The lowest BCUT2D eigenvalue weighted by atomic mass is 10.0. The first kappa shape index (κ1) is 12.1. The van der Waals surface area contributed by atoms with Gasteiger partial charge in [0.1, 0.15) is 0 Å². The number of halogens is 1. The second-order valence-corrected chi connectivity index (χ2v) is 4.36. The molecule has 3 heteroatoms. The number of nitrogens with zero attached hydrogens (tertiary/aromatic N) is 1. The Morgan fingerprint density at radius 2 is 2.12 bits per heavy atom. The number of rotatable bonds is 4. The lowest BCUT2D eigenvalue weighted by Crippen LogP contribution is -2.19. The van der Waals surface area contributed by atoms with Crippen molar-refractivity contribution in [1.82, 2.24) is 10.3 Å². The summed E-state index contributed by atoms with van der Waals surface area (Å²) in [7, 11) is 1.95. The molecule has 0 saturated heterocycles. The number of pyridine rings is 1. The Bertz CT molecular complexity index is 471. The third-order valence-electron chi connectivity index (χ3n) is 2.74. The maximum absolute atomic E-state index is 6.01. The molecule has 0 fully saturated rings. The molecule has 1 aromatic carbocycles. The Hall–Kier alpha value is -1.38. The smallest absolute Gasteiger partial charge is 0.0422 e. The summed E-state index contributed by atoms with van der Waals surface area (Å²) in [6.07, 6.45) is 2.68. The molecule has 2 aromatic rings. The maximum Gasteiger partial charge on any atom is 0.0422 e. The zero-order valence-corrected chi connectivity index (χ0v) is 10.5. The summed E-state index contributed by atoms with van der Waals surface area (Å²) in [6, 6.07) is 14.1. The van der Waals surface area contributed by atoms with Crippen LogP contribution in [0, 0.1) is 0 Å². The van der Waals surface area contributed by atoms with E-state index in [-0.39, 0.29) is 6.04 Å². The van der Waals surface area contributed by atoms with E-state index in [1.807, 2.05) is 49.6 Å². The summed E-state index contributed by atoms with van der Waals surface area (Å²) in [4.78, 5) is 4.34. The van der Waals surface area contributed by atoms with Gasteiger partial charge in [-0.15, -0.1) is 0 Å². The van der Waals surface area contributed by atoms with E-state index in [0.717, 1.165) is 17.1 Å². The zero-order chi connectivity index (χ0) is 12.1. The number of aromatic nitrogens is 1. The van der Waals surface area contributed by atoms with Crippen molar-refractivity contribution in [2.24, 2.45) is 0 Å². The summed E-state index contributed by atoms with van der Waals surface area (Å²) in [5.41, 5.74) is 2.26. The van der Waals surface area contributed by atoms with Gasteiger partial charge in [-0.3, -0.25) is 4.98 Å². The number of hydrogen-bond acceptors (Lipinski definition) is 2. The molecule has 1 heterocycles. The molecule has 0 aliphatic carbocycles. The molecule has 0 aliphatic heterocycles. The molecule has 0 amide bonds. The summed E-state index contributed by atoms with van der Waals surface area (Å²) in [6.45, 7) is 0. The number of nitrogens with one attached hydrogen (secondary N) is 1. The Morgan fingerprint density at radius 1 is 1.24 bits per heavy atom. The first-order chi connectivity index (χ1) is 8.29. The molecule has 2 rings (SSSR count). The molecule has 0 bridgehead atoms. The van der Waals surface area contributed by atoms with Crippen molar-refractivity contribution in [2.45, 2.75) is 12.5 Å². The van der Waals surface area contributed by atoms with Crippen LogP contribution in [0.2, 0.25) is 5.02 Å². The van der Waals surface area contributed by atoms with E-state index >= 15 is 0 Å². The molecule has 1 aromatic heterocycles. The summed E-state index contributed by atoms with van der Waals surface area (Å²) in [5, 5.41) is 4.06. The van der Waals surface area contributed by atoms with Gasteiger partial charge in [0, 0.05) is 29.4 Å². The van der Waals surface area contributed by atoms with E-state index in [4.69, 9.17) is 11.6 Å². The quantitative estimate of drug-likeness (QED) is 0.896. The van der Waals surface area contributed by atoms with Crippen LogP contribution < -0.4 is 5.32 Å². The molecule has 0 spiro atoms. The van der Waals surface area contributed by atoms with E-state index in [0.29, 0.717) is 0 Å². The third-order valence-corrected chi connectivity index (χ3v) is 2.97. The summed E-state index contributed by atoms with van der Waals surface area (Å²) >= 11 is 6.01. The molecule has 0 radical (unpaired) electrons. The highest BCUT2D eigenvalue weighted by molar-refractivity contribution is 6.30. The van der Waals surface area contributed by atoms with Crippen LogP contribution in [0.5, 0.6) is 0 Å². The van der Waals surface area contributed by atoms with Gasteiger partial charge in [0.05, 0.1) is 0 Å². The van der Waals surface area contributed by atoms with E-state index in [9.17, 15) is 0 Å². The van der Waals surface area contributed by atoms with Gasteiger partial charge in [0.25, 0.3) is 0 Å². The Balaban J connectivity index is 2.17. The SMILES string of the molecule is CNC(Cc1ccccn1)c1cccc(Cl)c1. The van der Waals surface area contributed by atoms with Crippen LogP contribution in [0.25, 0.3) is 0 Å². The highest BCUT2D eigenvalue weighted by Crippen LogP contribution is 2.20. The predicted octanol–water partition coefficient (Wildman–Crippen LogP) is 3.24. The average Bonchev–Trinajstić information content (AvgIpc) is 2.37. The highest BCUT2D eigenvalue weighted by atomic mass is 35.5. The molecule has 88 valence electrons. The molecule has 1 atom stereocenters. The molecular weight excluding hydrogens is 232 g/mol. The molecular formula is C14H15ClN2. The largest absolute Gasteiger partial charge is 0.313 e. The van der Waals surface area contributed by atoms with Crippen LogP contribution in [-0.2, 0) is 6.42 Å². The van der Waals surface area contributed by atoms with Crippen molar-refractivity contribution in [3.8, 4) is 0 Å². The minimum atomic E-state index is 0.239. The monoisotopic (exact) mass is 246 g/mol. The number of likely N-dealkylation sites (N-methyl/N-ethyl adjacent to an activating group) is 1. The molecule has 0 saturated carbocycles. The van der Waals surface area contributed by atoms with Crippen LogP contribution in [0.1, 0.15) is 17.3 Å². The van der Waals surface area contributed by atoms with Crippen molar-refractivity contribution in [2.75, 3.05) is 7.05 Å². The van der Waals surface area contributed by atoms with Gasteiger partial charge in [-0.05, 0) is 36.9 Å². The fourth-order valence-corrected chi connectivity index (χ4v) is 2.04. The second kappa shape index (κ2) is 5.80. The fourth-order valence-electron chi connectivity index (χ4n) is 1.84.